The Hall–Kier alpha value is -1.56. The molecule has 2 aromatic rings. The second-order valence-electron chi connectivity index (χ2n) is 3.34. The van der Waals surface area contributed by atoms with E-state index in [1.165, 1.54) is 11.3 Å². The van der Waals surface area contributed by atoms with E-state index in [0.717, 1.165) is 5.69 Å². The van der Waals surface area contributed by atoms with Crippen molar-refractivity contribution >= 4 is 17.2 Å². The molecule has 1 N–H and O–H groups in total. The Bertz CT molecular complexity index is 524. The van der Waals surface area contributed by atoms with Crippen LogP contribution in [0, 0.1) is 19.7 Å². The molecular formula is C10H11FN4S. The van der Waals surface area contributed by atoms with Gasteiger partial charge in [0.25, 0.3) is 0 Å². The molecular weight excluding hydrogens is 227 g/mol. The lowest BCUT2D eigenvalue weighted by atomic mass is 10.4. The molecule has 0 aliphatic rings. The van der Waals surface area contributed by atoms with E-state index in [1.807, 2.05) is 12.3 Å². The average Bonchev–Trinajstić information content (AvgIpc) is 2.69. The first kappa shape index (κ1) is 10.9. The topological polar surface area (TPSA) is 50.7 Å². The van der Waals surface area contributed by atoms with E-state index in [0.29, 0.717) is 16.5 Å². The summed E-state index contributed by atoms with van der Waals surface area (Å²) in [5, 5.41) is 5.32. The molecule has 2 aromatic heterocycles. The molecule has 0 fully saturated rings. The van der Waals surface area contributed by atoms with Gasteiger partial charge < -0.3 is 5.32 Å². The number of rotatable bonds is 2. The zero-order valence-electron chi connectivity index (χ0n) is 9.21. The van der Waals surface area contributed by atoms with E-state index in [9.17, 15) is 4.39 Å². The van der Waals surface area contributed by atoms with Crippen LogP contribution in [0.3, 0.4) is 0 Å². The van der Waals surface area contributed by atoms with E-state index in [2.05, 4.69) is 20.3 Å². The number of thiazole rings is 1. The van der Waals surface area contributed by atoms with Gasteiger partial charge in [-0.3, -0.25) is 0 Å². The van der Waals surface area contributed by atoms with Crippen molar-refractivity contribution in [3.63, 3.8) is 0 Å². The van der Waals surface area contributed by atoms with Gasteiger partial charge in [0.2, 0.25) is 0 Å². The molecule has 0 spiro atoms. The zero-order chi connectivity index (χ0) is 11.7. The van der Waals surface area contributed by atoms with Crippen molar-refractivity contribution in [2.75, 3.05) is 12.4 Å². The Morgan fingerprint density at radius 2 is 2.00 bits per heavy atom. The van der Waals surface area contributed by atoms with Crippen molar-refractivity contribution in [2.45, 2.75) is 13.8 Å². The largest absolute Gasteiger partial charge is 0.371 e. The third-order valence-corrected chi connectivity index (χ3v) is 3.02. The molecule has 84 valence electrons. The molecule has 0 unspecified atom stereocenters. The molecule has 0 bridgehead atoms. The molecule has 0 saturated heterocycles. The van der Waals surface area contributed by atoms with Crippen molar-refractivity contribution < 1.29 is 4.39 Å². The lowest BCUT2D eigenvalue weighted by Gasteiger charge is -2.05. The highest BCUT2D eigenvalue weighted by Crippen LogP contribution is 2.23. The van der Waals surface area contributed by atoms with Gasteiger partial charge in [0.1, 0.15) is 0 Å². The van der Waals surface area contributed by atoms with Gasteiger partial charge in [-0.2, -0.15) is 0 Å². The highest BCUT2D eigenvalue weighted by Gasteiger charge is 2.13. The summed E-state index contributed by atoms with van der Waals surface area (Å²) in [5.74, 6) is 0.247. The highest BCUT2D eigenvalue weighted by atomic mass is 32.1. The predicted molar refractivity (Wildman–Crippen MR) is 62.1 cm³/mol. The van der Waals surface area contributed by atoms with Gasteiger partial charge in [0.05, 0.1) is 5.69 Å². The number of anilines is 1. The second kappa shape index (κ2) is 4.13. The molecule has 16 heavy (non-hydrogen) atoms. The maximum atomic E-state index is 13.5. The van der Waals surface area contributed by atoms with Crippen LogP contribution in [0.4, 0.5) is 10.2 Å². The monoisotopic (exact) mass is 238 g/mol. The number of aromatic nitrogens is 3. The van der Waals surface area contributed by atoms with Crippen LogP contribution in [0.15, 0.2) is 5.38 Å². The fraction of sp³-hybridized carbons (Fsp3) is 0.300. The number of aryl methyl sites for hydroxylation is 2. The second-order valence-corrected chi connectivity index (χ2v) is 4.20. The lowest BCUT2D eigenvalue weighted by molar-refractivity contribution is 0.607. The molecule has 0 saturated carbocycles. The fourth-order valence-electron chi connectivity index (χ4n) is 1.28. The van der Waals surface area contributed by atoms with Crippen molar-refractivity contribution in [1.29, 1.82) is 0 Å². The minimum atomic E-state index is -0.417. The van der Waals surface area contributed by atoms with Gasteiger partial charge in [0.15, 0.2) is 22.5 Å². The van der Waals surface area contributed by atoms with Gasteiger partial charge in [-0.1, -0.05) is 0 Å². The van der Waals surface area contributed by atoms with Crippen LogP contribution in [0.5, 0.6) is 0 Å². The summed E-state index contributed by atoms with van der Waals surface area (Å²) in [6, 6.07) is 0. The van der Waals surface area contributed by atoms with Gasteiger partial charge in [-0.25, -0.2) is 19.3 Å². The molecule has 4 nitrogen and oxygen atoms in total. The molecule has 6 heteroatoms. The first-order valence-corrected chi connectivity index (χ1v) is 5.64. The fourth-order valence-corrected chi connectivity index (χ4v) is 2.01. The van der Waals surface area contributed by atoms with Crippen molar-refractivity contribution in [3.05, 3.63) is 22.6 Å². The van der Waals surface area contributed by atoms with Crippen LogP contribution in [0.1, 0.15) is 11.4 Å². The van der Waals surface area contributed by atoms with Gasteiger partial charge in [-0.15, -0.1) is 11.3 Å². The molecule has 2 heterocycles. The molecule has 0 aliphatic heterocycles. The maximum absolute atomic E-state index is 13.5. The van der Waals surface area contributed by atoms with Crippen LogP contribution < -0.4 is 5.32 Å². The lowest BCUT2D eigenvalue weighted by Crippen LogP contribution is -2.03. The standard InChI is InChI=1S/C10H11FN4S/c1-5-4-16-10(13-5)9-14-6(2)7(11)8(12-3)15-9/h4H,1-3H3,(H,12,14,15). The number of halogens is 1. The summed E-state index contributed by atoms with van der Waals surface area (Å²) in [5.41, 5.74) is 1.23. The van der Waals surface area contributed by atoms with E-state index >= 15 is 0 Å². The van der Waals surface area contributed by atoms with E-state index < -0.39 is 5.82 Å². The van der Waals surface area contributed by atoms with Crippen LogP contribution in [0.25, 0.3) is 10.8 Å². The van der Waals surface area contributed by atoms with E-state index in [-0.39, 0.29) is 5.82 Å². The summed E-state index contributed by atoms with van der Waals surface area (Å²) >= 11 is 1.45. The Morgan fingerprint density at radius 3 is 2.56 bits per heavy atom. The molecule has 0 atom stereocenters. The Labute approximate surface area is 96.6 Å². The summed E-state index contributed by atoms with van der Waals surface area (Å²) in [4.78, 5) is 12.4. The molecule has 0 amide bonds. The number of nitrogens with one attached hydrogen (secondary N) is 1. The third-order valence-electron chi connectivity index (χ3n) is 2.06. The van der Waals surface area contributed by atoms with Crippen LogP contribution in [-0.2, 0) is 0 Å². The Kier molecular flexibility index (Phi) is 2.82. The predicted octanol–water partition coefficient (Wildman–Crippen LogP) is 2.40. The first-order chi connectivity index (χ1) is 7.61. The number of hydrogen-bond donors (Lipinski definition) is 1. The van der Waals surface area contributed by atoms with E-state index in [4.69, 9.17) is 0 Å². The normalized spacial score (nSPS) is 10.5. The van der Waals surface area contributed by atoms with Gasteiger partial charge in [0, 0.05) is 18.1 Å². The third kappa shape index (κ3) is 1.88. The Balaban J connectivity index is 2.54. The molecule has 2 rings (SSSR count). The minimum Gasteiger partial charge on any atom is -0.371 e. The van der Waals surface area contributed by atoms with Crippen molar-refractivity contribution in [1.82, 2.24) is 15.0 Å². The molecule has 0 radical (unpaired) electrons. The minimum absolute atomic E-state index is 0.204. The van der Waals surface area contributed by atoms with Crippen LogP contribution in [-0.4, -0.2) is 22.0 Å². The maximum Gasteiger partial charge on any atom is 0.191 e. The quantitative estimate of drug-likeness (QED) is 0.872. The van der Waals surface area contributed by atoms with Gasteiger partial charge in [-0.05, 0) is 13.8 Å². The van der Waals surface area contributed by atoms with Gasteiger partial charge >= 0.3 is 0 Å². The van der Waals surface area contributed by atoms with Crippen molar-refractivity contribution in [3.8, 4) is 10.8 Å². The van der Waals surface area contributed by atoms with Crippen LogP contribution >= 0.6 is 11.3 Å². The SMILES string of the molecule is CNc1nc(-c2nc(C)cs2)nc(C)c1F. The smallest absolute Gasteiger partial charge is 0.191 e. The van der Waals surface area contributed by atoms with Crippen molar-refractivity contribution in [2.24, 2.45) is 0 Å². The van der Waals surface area contributed by atoms with Crippen LogP contribution in [0.2, 0.25) is 0 Å². The Morgan fingerprint density at radius 1 is 1.25 bits per heavy atom. The zero-order valence-corrected chi connectivity index (χ0v) is 10.0. The summed E-state index contributed by atoms with van der Waals surface area (Å²) in [6.07, 6.45) is 0. The summed E-state index contributed by atoms with van der Waals surface area (Å²) in [6.45, 7) is 3.51. The average molecular weight is 238 g/mol. The summed E-state index contributed by atoms with van der Waals surface area (Å²) in [7, 11) is 1.63. The first-order valence-electron chi connectivity index (χ1n) is 4.76. The number of hydrogen-bond acceptors (Lipinski definition) is 5. The highest BCUT2D eigenvalue weighted by molar-refractivity contribution is 7.13. The molecule has 0 aromatic carbocycles. The summed E-state index contributed by atoms with van der Waals surface area (Å²) < 4.78 is 13.5. The number of nitrogens with zero attached hydrogens (tertiary/aromatic N) is 3. The van der Waals surface area contributed by atoms with E-state index in [1.54, 1.807) is 14.0 Å². The molecule has 0 aliphatic carbocycles.